The second-order valence-electron chi connectivity index (χ2n) is 7.46. The van der Waals surface area contributed by atoms with Gasteiger partial charge in [0.1, 0.15) is 5.75 Å². The molecule has 0 radical (unpaired) electrons. The maximum atomic E-state index is 6.11. The normalized spacial score (nSPS) is 15.6. The Morgan fingerprint density at radius 2 is 1.25 bits per heavy atom. The molecule has 3 aromatic carbocycles. The standard InChI is InChI=1S/C25H28NOS/c1-26-18-16-21(17-19-26)20-27-22-12-14-25(15-13-22)28(23-8-4-2-5-9-23)24-10-6-3-7-11-24/h2-15,21H,16-20H2,1H3/q+1. The molecule has 1 saturated heterocycles. The van der Waals surface area contributed by atoms with Gasteiger partial charge >= 0.3 is 0 Å². The lowest BCUT2D eigenvalue weighted by atomic mass is 9.98. The first kappa shape index (κ1) is 19.1. The summed E-state index contributed by atoms with van der Waals surface area (Å²) in [5.41, 5.74) is 0. The number of rotatable bonds is 6. The van der Waals surface area contributed by atoms with Crippen molar-refractivity contribution in [2.45, 2.75) is 27.5 Å². The lowest BCUT2D eigenvalue weighted by molar-refractivity contribution is 0.160. The van der Waals surface area contributed by atoms with Crippen molar-refractivity contribution in [3.05, 3.63) is 84.9 Å². The molecule has 2 nitrogen and oxygen atoms in total. The van der Waals surface area contributed by atoms with Crippen molar-refractivity contribution >= 4 is 10.9 Å². The third-order valence-corrected chi connectivity index (χ3v) is 7.57. The predicted octanol–water partition coefficient (Wildman–Crippen LogP) is 5.50. The number of hydrogen-bond donors (Lipinski definition) is 0. The van der Waals surface area contributed by atoms with Gasteiger partial charge < -0.3 is 9.64 Å². The number of benzene rings is 3. The minimum absolute atomic E-state index is 0.0962. The van der Waals surface area contributed by atoms with E-state index in [2.05, 4.69) is 96.9 Å². The Balaban J connectivity index is 1.49. The molecule has 0 N–H and O–H groups in total. The second-order valence-corrected chi connectivity index (χ2v) is 9.49. The molecule has 4 rings (SSSR count). The highest BCUT2D eigenvalue weighted by atomic mass is 32.2. The SMILES string of the molecule is CN1CCC(COc2ccc([S+](c3ccccc3)c3ccccc3)cc2)CC1. The summed E-state index contributed by atoms with van der Waals surface area (Å²) in [5.74, 6) is 1.66. The average molecular weight is 391 g/mol. The van der Waals surface area contributed by atoms with Crippen LogP contribution in [0.25, 0.3) is 0 Å². The second kappa shape index (κ2) is 9.31. The summed E-state index contributed by atoms with van der Waals surface area (Å²) in [6, 6.07) is 30.3. The molecule has 1 fully saturated rings. The van der Waals surface area contributed by atoms with E-state index in [0.29, 0.717) is 5.92 Å². The number of likely N-dealkylation sites (tertiary alicyclic amines) is 1. The van der Waals surface area contributed by atoms with Crippen molar-refractivity contribution < 1.29 is 4.74 Å². The molecule has 1 heterocycles. The van der Waals surface area contributed by atoms with Gasteiger partial charge in [-0.25, -0.2) is 0 Å². The van der Waals surface area contributed by atoms with Crippen LogP contribution in [0.4, 0.5) is 0 Å². The van der Waals surface area contributed by atoms with E-state index in [1.165, 1.54) is 40.6 Å². The van der Waals surface area contributed by atoms with E-state index in [-0.39, 0.29) is 10.9 Å². The minimum Gasteiger partial charge on any atom is -0.493 e. The summed E-state index contributed by atoms with van der Waals surface area (Å²) in [7, 11) is 2.10. The van der Waals surface area contributed by atoms with Gasteiger partial charge in [-0.1, -0.05) is 36.4 Å². The monoisotopic (exact) mass is 390 g/mol. The van der Waals surface area contributed by atoms with Crippen LogP contribution in [0.5, 0.6) is 5.75 Å². The largest absolute Gasteiger partial charge is 0.493 e. The zero-order valence-corrected chi connectivity index (χ0v) is 17.3. The Morgan fingerprint density at radius 3 is 1.79 bits per heavy atom. The Kier molecular flexibility index (Phi) is 6.35. The molecular weight excluding hydrogens is 362 g/mol. The highest BCUT2D eigenvalue weighted by Crippen LogP contribution is 2.32. The molecule has 0 spiro atoms. The molecule has 1 aliphatic heterocycles. The summed E-state index contributed by atoms with van der Waals surface area (Å²) < 4.78 is 6.11. The lowest BCUT2D eigenvalue weighted by Crippen LogP contribution is -2.32. The molecule has 0 bridgehead atoms. The lowest BCUT2D eigenvalue weighted by Gasteiger charge is -2.28. The zero-order chi connectivity index (χ0) is 19.2. The van der Waals surface area contributed by atoms with E-state index in [9.17, 15) is 0 Å². The van der Waals surface area contributed by atoms with Crippen LogP contribution in [-0.4, -0.2) is 31.6 Å². The van der Waals surface area contributed by atoms with Crippen LogP contribution in [0.15, 0.2) is 99.6 Å². The molecule has 144 valence electrons. The summed E-state index contributed by atoms with van der Waals surface area (Å²) in [6.45, 7) is 3.20. The zero-order valence-electron chi connectivity index (χ0n) is 16.5. The molecule has 0 amide bonds. The van der Waals surface area contributed by atoms with E-state index in [0.717, 1.165) is 12.4 Å². The van der Waals surface area contributed by atoms with Gasteiger partial charge in [-0.15, -0.1) is 0 Å². The van der Waals surface area contributed by atoms with Crippen molar-refractivity contribution in [1.29, 1.82) is 0 Å². The maximum absolute atomic E-state index is 6.11. The Bertz CT molecular complexity index is 803. The molecule has 0 saturated carbocycles. The van der Waals surface area contributed by atoms with Gasteiger partial charge in [0.25, 0.3) is 0 Å². The van der Waals surface area contributed by atoms with E-state index < -0.39 is 0 Å². The molecule has 1 aliphatic rings. The number of piperidine rings is 1. The quantitative estimate of drug-likeness (QED) is 0.515. The van der Waals surface area contributed by atoms with Crippen molar-refractivity contribution in [3.63, 3.8) is 0 Å². The van der Waals surface area contributed by atoms with Crippen LogP contribution >= 0.6 is 0 Å². The van der Waals surface area contributed by atoms with Gasteiger partial charge in [-0.05, 0) is 87.4 Å². The fourth-order valence-electron chi connectivity index (χ4n) is 3.64. The molecule has 3 heteroatoms. The van der Waals surface area contributed by atoms with Gasteiger partial charge in [-0.2, -0.15) is 0 Å². The fourth-order valence-corrected chi connectivity index (χ4v) is 5.72. The number of nitrogens with zero attached hydrogens (tertiary/aromatic N) is 1. The van der Waals surface area contributed by atoms with E-state index in [1.54, 1.807) is 0 Å². The van der Waals surface area contributed by atoms with Crippen LogP contribution in [0.3, 0.4) is 0 Å². The number of ether oxygens (including phenoxy) is 1. The average Bonchev–Trinajstić information content (AvgIpc) is 2.76. The minimum atomic E-state index is -0.0962. The summed E-state index contributed by atoms with van der Waals surface area (Å²) in [5, 5.41) is 0. The van der Waals surface area contributed by atoms with Crippen LogP contribution < -0.4 is 4.74 Å². The molecule has 0 atom stereocenters. The van der Waals surface area contributed by atoms with Gasteiger partial charge in [0.2, 0.25) is 0 Å². The molecule has 0 unspecified atom stereocenters. The van der Waals surface area contributed by atoms with Crippen molar-refractivity contribution in [2.75, 3.05) is 26.7 Å². The van der Waals surface area contributed by atoms with Gasteiger partial charge in [0, 0.05) is 0 Å². The van der Waals surface area contributed by atoms with E-state index in [4.69, 9.17) is 4.74 Å². The summed E-state index contributed by atoms with van der Waals surface area (Å²) >= 11 is 0. The topological polar surface area (TPSA) is 12.5 Å². The molecule has 28 heavy (non-hydrogen) atoms. The first-order chi connectivity index (χ1) is 13.8. The highest BCUT2D eigenvalue weighted by molar-refractivity contribution is 7.97. The first-order valence-electron chi connectivity index (χ1n) is 10.1. The molecular formula is C25H28NOS+. The molecule has 3 aromatic rings. The number of hydrogen-bond acceptors (Lipinski definition) is 2. The van der Waals surface area contributed by atoms with Gasteiger partial charge in [0.15, 0.2) is 14.7 Å². The third-order valence-electron chi connectivity index (χ3n) is 5.34. The summed E-state index contributed by atoms with van der Waals surface area (Å²) in [4.78, 5) is 6.41. The Labute approximate surface area is 171 Å². The van der Waals surface area contributed by atoms with Crippen LogP contribution in [0.1, 0.15) is 12.8 Å². The van der Waals surface area contributed by atoms with Crippen molar-refractivity contribution in [2.24, 2.45) is 5.92 Å². The maximum Gasteiger partial charge on any atom is 0.166 e. The van der Waals surface area contributed by atoms with Crippen molar-refractivity contribution in [3.8, 4) is 5.75 Å². The third kappa shape index (κ3) is 4.78. The summed E-state index contributed by atoms with van der Waals surface area (Å²) in [6.07, 6.45) is 2.47. The predicted molar refractivity (Wildman–Crippen MR) is 117 cm³/mol. The van der Waals surface area contributed by atoms with E-state index in [1.807, 2.05) is 0 Å². The van der Waals surface area contributed by atoms with Crippen LogP contribution in [0, 0.1) is 5.92 Å². The first-order valence-corrected chi connectivity index (χ1v) is 11.3. The van der Waals surface area contributed by atoms with Crippen LogP contribution in [-0.2, 0) is 10.9 Å². The smallest absolute Gasteiger partial charge is 0.166 e. The Morgan fingerprint density at radius 1 is 0.750 bits per heavy atom. The Hall–Kier alpha value is -2.23. The highest BCUT2D eigenvalue weighted by Gasteiger charge is 2.28. The fraction of sp³-hybridized carbons (Fsp3) is 0.280. The van der Waals surface area contributed by atoms with Gasteiger partial charge in [-0.3, -0.25) is 0 Å². The molecule has 0 aliphatic carbocycles. The van der Waals surface area contributed by atoms with Crippen molar-refractivity contribution in [1.82, 2.24) is 4.90 Å². The van der Waals surface area contributed by atoms with Crippen LogP contribution in [0.2, 0.25) is 0 Å². The molecule has 0 aromatic heterocycles. The van der Waals surface area contributed by atoms with E-state index >= 15 is 0 Å². The van der Waals surface area contributed by atoms with Gasteiger partial charge in [0.05, 0.1) is 17.5 Å².